The first-order valence-electron chi connectivity index (χ1n) is 10.7. The Morgan fingerprint density at radius 1 is 1.00 bits per heavy atom. The van der Waals surface area contributed by atoms with Gasteiger partial charge in [0, 0.05) is 0 Å². The molecule has 0 aliphatic carbocycles. The van der Waals surface area contributed by atoms with E-state index in [1.807, 2.05) is 0 Å². The highest BCUT2D eigenvalue weighted by Gasteiger charge is 2.58. The number of tetrazole rings is 1. The van der Waals surface area contributed by atoms with Crippen LogP contribution in [-0.2, 0) is 12.1 Å². The second-order valence-electron chi connectivity index (χ2n) is 8.16. The van der Waals surface area contributed by atoms with Crippen LogP contribution in [-0.4, -0.2) is 58.4 Å². The van der Waals surface area contributed by atoms with Crippen LogP contribution in [0.25, 0.3) is 5.69 Å². The molecule has 0 saturated heterocycles. The standard InChI is InChI=1S/C22H20F5N7O3/c1-15(20(36,11-32-14-28-13-29-32)16-5-3-2-4-6-16)33-19(35)34(31-30-33)17-7-9-18(10-8-17)37-12-21(23,24)22(25,26)27/h2-10,13-15,36H,11-12H2,1H3/t15-,20+/m1/s1. The number of rotatable bonds is 9. The summed E-state index contributed by atoms with van der Waals surface area (Å²) in [6, 6.07) is 12.3. The second kappa shape index (κ2) is 9.72. The lowest BCUT2D eigenvalue weighted by Crippen LogP contribution is -2.43. The molecule has 10 nitrogen and oxygen atoms in total. The summed E-state index contributed by atoms with van der Waals surface area (Å²) in [5.74, 6) is -5.30. The van der Waals surface area contributed by atoms with E-state index in [2.05, 4.69) is 25.2 Å². The van der Waals surface area contributed by atoms with Gasteiger partial charge in [0.25, 0.3) is 0 Å². The summed E-state index contributed by atoms with van der Waals surface area (Å²) in [5, 5.41) is 23.4. The van der Waals surface area contributed by atoms with Gasteiger partial charge in [-0.3, -0.25) is 0 Å². The lowest BCUT2D eigenvalue weighted by Gasteiger charge is -2.33. The summed E-state index contributed by atoms with van der Waals surface area (Å²) in [6.45, 7) is -0.387. The van der Waals surface area contributed by atoms with Crippen LogP contribution in [0.5, 0.6) is 5.75 Å². The highest BCUT2D eigenvalue weighted by molar-refractivity contribution is 5.36. The molecule has 0 bridgehead atoms. The summed E-state index contributed by atoms with van der Waals surface area (Å²) < 4.78 is 70.9. The van der Waals surface area contributed by atoms with E-state index >= 15 is 0 Å². The van der Waals surface area contributed by atoms with Crippen molar-refractivity contribution >= 4 is 0 Å². The lowest BCUT2D eigenvalue weighted by molar-refractivity contribution is -0.290. The number of nitrogens with zero attached hydrogens (tertiary/aromatic N) is 7. The molecule has 4 rings (SSSR count). The van der Waals surface area contributed by atoms with E-state index in [1.54, 1.807) is 37.3 Å². The third-order valence-electron chi connectivity index (χ3n) is 5.72. The average molecular weight is 525 g/mol. The molecule has 0 aliphatic rings. The van der Waals surface area contributed by atoms with Gasteiger partial charge in [-0.15, -0.1) is 0 Å². The molecular formula is C22H20F5N7O3. The first-order chi connectivity index (χ1) is 17.4. The quantitative estimate of drug-likeness (QED) is 0.335. The zero-order chi connectivity index (χ0) is 26.8. The summed E-state index contributed by atoms with van der Waals surface area (Å²) in [5.41, 5.74) is -1.78. The van der Waals surface area contributed by atoms with Gasteiger partial charge in [-0.1, -0.05) is 30.3 Å². The average Bonchev–Trinajstić information content (AvgIpc) is 3.52. The van der Waals surface area contributed by atoms with Crippen LogP contribution in [0.2, 0.25) is 0 Å². The van der Waals surface area contributed by atoms with Crippen molar-refractivity contribution in [2.45, 2.75) is 37.2 Å². The molecule has 196 valence electrons. The Kier molecular flexibility index (Phi) is 6.82. The van der Waals surface area contributed by atoms with Crippen LogP contribution >= 0.6 is 0 Å². The first kappa shape index (κ1) is 25.9. The van der Waals surface area contributed by atoms with E-state index in [0.29, 0.717) is 5.56 Å². The molecular weight excluding hydrogens is 505 g/mol. The maximum Gasteiger partial charge on any atom is 0.456 e. The first-order valence-corrected chi connectivity index (χ1v) is 10.7. The molecule has 2 aromatic carbocycles. The van der Waals surface area contributed by atoms with E-state index in [4.69, 9.17) is 0 Å². The molecule has 2 heterocycles. The summed E-state index contributed by atoms with van der Waals surface area (Å²) in [7, 11) is 0. The number of hydrogen-bond donors (Lipinski definition) is 1. The van der Waals surface area contributed by atoms with Gasteiger partial charge in [-0.05, 0) is 47.2 Å². The Morgan fingerprint density at radius 3 is 2.27 bits per heavy atom. The van der Waals surface area contributed by atoms with E-state index in [1.165, 1.54) is 29.5 Å². The Morgan fingerprint density at radius 2 is 1.68 bits per heavy atom. The zero-order valence-electron chi connectivity index (χ0n) is 19.1. The van der Waals surface area contributed by atoms with Gasteiger partial charge in [0.15, 0.2) is 6.61 Å². The van der Waals surface area contributed by atoms with Crippen LogP contribution in [0.3, 0.4) is 0 Å². The van der Waals surface area contributed by atoms with Crippen LogP contribution in [0.1, 0.15) is 18.5 Å². The van der Waals surface area contributed by atoms with E-state index in [-0.39, 0.29) is 18.0 Å². The predicted molar refractivity (Wildman–Crippen MR) is 117 cm³/mol. The molecule has 0 radical (unpaired) electrons. The van der Waals surface area contributed by atoms with Crippen molar-refractivity contribution in [2.24, 2.45) is 0 Å². The fourth-order valence-corrected chi connectivity index (χ4v) is 3.56. The Hall–Kier alpha value is -4.14. The molecule has 15 heteroatoms. The number of aromatic nitrogens is 7. The molecule has 37 heavy (non-hydrogen) atoms. The number of halogens is 5. The normalized spacial score (nSPS) is 14.8. The highest BCUT2D eigenvalue weighted by atomic mass is 19.4. The monoisotopic (exact) mass is 525 g/mol. The minimum Gasteiger partial charge on any atom is -0.487 e. The van der Waals surface area contributed by atoms with Gasteiger partial charge in [-0.25, -0.2) is 14.5 Å². The van der Waals surface area contributed by atoms with Crippen LogP contribution in [0.4, 0.5) is 22.0 Å². The summed E-state index contributed by atoms with van der Waals surface area (Å²) in [4.78, 5) is 17.0. The van der Waals surface area contributed by atoms with E-state index in [0.717, 1.165) is 21.5 Å². The number of alkyl halides is 5. The summed E-state index contributed by atoms with van der Waals surface area (Å²) in [6.07, 6.45) is -3.03. The SMILES string of the molecule is C[C@@H](n1nnn(-c2ccc(OCC(F)(F)C(F)(F)F)cc2)c1=O)[C@@](O)(Cn1cncn1)c1ccccc1. The van der Waals surface area contributed by atoms with Crippen molar-refractivity contribution in [3.05, 3.63) is 83.3 Å². The largest absolute Gasteiger partial charge is 0.487 e. The summed E-state index contributed by atoms with van der Waals surface area (Å²) >= 11 is 0. The molecule has 0 fully saturated rings. The third kappa shape index (κ3) is 5.21. The number of ether oxygens (including phenoxy) is 1. The van der Waals surface area contributed by atoms with Gasteiger partial charge < -0.3 is 9.84 Å². The molecule has 0 saturated carbocycles. The van der Waals surface area contributed by atoms with Gasteiger partial charge in [0.2, 0.25) is 0 Å². The third-order valence-corrected chi connectivity index (χ3v) is 5.72. The lowest BCUT2D eigenvalue weighted by atomic mass is 9.87. The van der Waals surface area contributed by atoms with Crippen molar-refractivity contribution in [3.63, 3.8) is 0 Å². The van der Waals surface area contributed by atoms with Gasteiger partial charge in [0.05, 0.1) is 18.3 Å². The molecule has 0 aliphatic heterocycles. The van der Waals surface area contributed by atoms with Gasteiger partial charge >= 0.3 is 17.8 Å². The highest BCUT2D eigenvalue weighted by Crippen LogP contribution is 2.36. The maximum atomic E-state index is 13.1. The molecule has 4 aromatic rings. The van der Waals surface area contributed by atoms with Crippen molar-refractivity contribution in [1.82, 2.24) is 34.6 Å². The van der Waals surface area contributed by atoms with E-state index in [9.17, 15) is 31.9 Å². The molecule has 0 spiro atoms. The molecule has 2 atom stereocenters. The van der Waals surface area contributed by atoms with Crippen molar-refractivity contribution in [3.8, 4) is 11.4 Å². The second-order valence-corrected chi connectivity index (χ2v) is 8.16. The van der Waals surface area contributed by atoms with Crippen LogP contribution < -0.4 is 10.4 Å². The fourth-order valence-electron chi connectivity index (χ4n) is 3.56. The van der Waals surface area contributed by atoms with Crippen molar-refractivity contribution < 1.29 is 31.8 Å². The topological polar surface area (TPSA) is 113 Å². The zero-order valence-corrected chi connectivity index (χ0v) is 19.1. The molecule has 0 unspecified atom stereocenters. The Labute approximate surface area is 205 Å². The molecule has 1 N–H and O–H groups in total. The van der Waals surface area contributed by atoms with Crippen molar-refractivity contribution in [2.75, 3.05) is 6.61 Å². The fraction of sp³-hybridized carbons (Fsp3) is 0.318. The van der Waals surface area contributed by atoms with E-state index < -0.39 is 36.0 Å². The number of benzene rings is 2. The minimum absolute atomic E-state index is 0.0634. The smallest absolute Gasteiger partial charge is 0.456 e. The number of hydrogen-bond acceptors (Lipinski definition) is 7. The molecule has 0 amide bonds. The maximum absolute atomic E-state index is 13.1. The number of aliphatic hydroxyl groups is 1. The van der Waals surface area contributed by atoms with Crippen molar-refractivity contribution in [1.29, 1.82) is 0 Å². The van der Waals surface area contributed by atoms with Crippen LogP contribution in [0.15, 0.2) is 72.0 Å². The Balaban J connectivity index is 1.58. The van der Waals surface area contributed by atoms with Gasteiger partial charge in [0.1, 0.15) is 24.0 Å². The molecule has 2 aromatic heterocycles. The predicted octanol–water partition coefficient (Wildman–Crippen LogP) is 2.75. The Bertz CT molecular complexity index is 1370. The van der Waals surface area contributed by atoms with Gasteiger partial charge in [-0.2, -0.15) is 36.4 Å². The minimum atomic E-state index is -5.74. The van der Waals surface area contributed by atoms with Crippen LogP contribution in [0, 0.1) is 0 Å².